The maximum atomic E-state index is 12.4. The first-order valence-corrected chi connectivity index (χ1v) is 11.5. The Labute approximate surface area is 198 Å². The number of carboxylic acids is 2. The molecule has 3 N–H and O–H groups in total. The number of hydrogen-bond acceptors (Lipinski definition) is 7. The number of aromatic nitrogens is 4. The summed E-state index contributed by atoms with van der Waals surface area (Å²) >= 11 is 0. The van der Waals surface area contributed by atoms with Gasteiger partial charge < -0.3 is 15.5 Å². The molecule has 3 rings (SSSR count). The van der Waals surface area contributed by atoms with E-state index >= 15 is 0 Å². The van der Waals surface area contributed by atoms with Crippen molar-refractivity contribution < 1.29 is 24.6 Å². The van der Waals surface area contributed by atoms with E-state index in [-0.39, 0.29) is 11.8 Å². The highest BCUT2D eigenvalue weighted by molar-refractivity contribution is 5.99. The van der Waals surface area contributed by atoms with Crippen LogP contribution >= 0.6 is 0 Å². The van der Waals surface area contributed by atoms with Crippen LogP contribution in [0.3, 0.4) is 0 Å². The van der Waals surface area contributed by atoms with Crippen molar-refractivity contribution in [2.24, 2.45) is 5.92 Å². The maximum absolute atomic E-state index is 12.4. The number of amides is 1. The summed E-state index contributed by atoms with van der Waals surface area (Å²) in [6, 6.07) is 0.959. The minimum Gasteiger partial charge on any atom is -0.478 e. The lowest BCUT2D eigenvalue weighted by atomic mass is 10.1. The smallest absolute Gasteiger partial charge is 0.328 e. The third-order valence-corrected chi connectivity index (χ3v) is 5.67. The van der Waals surface area contributed by atoms with Gasteiger partial charge in [0.25, 0.3) is 0 Å². The lowest BCUT2D eigenvalue weighted by Crippen LogP contribution is -2.39. The lowest BCUT2D eigenvalue weighted by molar-refractivity contribution is -0.134. The molecule has 0 aromatic carbocycles. The molecule has 1 fully saturated rings. The van der Waals surface area contributed by atoms with Crippen LogP contribution < -0.4 is 5.32 Å². The summed E-state index contributed by atoms with van der Waals surface area (Å²) in [5.74, 6) is -1.76. The third kappa shape index (κ3) is 7.91. The van der Waals surface area contributed by atoms with E-state index in [4.69, 9.17) is 10.2 Å². The van der Waals surface area contributed by atoms with E-state index in [1.165, 1.54) is 6.33 Å². The van der Waals surface area contributed by atoms with Crippen molar-refractivity contribution in [1.29, 1.82) is 0 Å². The summed E-state index contributed by atoms with van der Waals surface area (Å²) in [7, 11) is 0. The second kappa shape index (κ2) is 12.8. The minimum atomic E-state index is -1.26. The van der Waals surface area contributed by atoms with Crippen LogP contribution in [0, 0.1) is 5.92 Å². The highest BCUT2D eigenvalue weighted by atomic mass is 16.4. The molecule has 2 aromatic heterocycles. The molecule has 0 saturated heterocycles. The molecule has 0 spiro atoms. The SMILES string of the molecule is CC(C)N(CCn1ncc2c(NC(=O)C3CCCC3)ncnc21)C(C)C.O=C(O)/C=C\C(=O)O. The van der Waals surface area contributed by atoms with Crippen molar-refractivity contribution in [2.75, 3.05) is 11.9 Å². The average molecular weight is 475 g/mol. The largest absolute Gasteiger partial charge is 0.478 e. The molecule has 0 aliphatic heterocycles. The van der Waals surface area contributed by atoms with Crippen LogP contribution in [0.2, 0.25) is 0 Å². The Hall–Kier alpha value is -3.34. The number of carbonyl (C=O) groups excluding carboxylic acids is 1. The van der Waals surface area contributed by atoms with Gasteiger partial charge >= 0.3 is 11.9 Å². The fourth-order valence-corrected chi connectivity index (χ4v) is 4.03. The molecule has 1 aliphatic carbocycles. The minimum absolute atomic E-state index is 0.0704. The molecule has 186 valence electrons. The molecule has 34 heavy (non-hydrogen) atoms. The number of anilines is 1. The van der Waals surface area contributed by atoms with Crippen LogP contribution in [0.4, 0.5) is 5.82 Å². The topological polar surface area (TPSA) is 151 Å². The Morgan fingerprint density at radius 2 is 1.68 bits per heavy atom. The van der Waals surface area contributed by atoms with Gasteiger partial charge in [-0.3, -0.25) is 9.69 Å². The van der Waals surface area contributed by atoms with Gasteiger partial charge in [0.2, 0.25) is 5.91 Å². The van der Waals surface area contributed by atoms with E-state index in [9.17, 15) is 14.4 Å². The van der Waals surface area contributed by atoms with Gasteiger partial charge in [-0.1, -0.05) is 12.8 Å². The normalized spacial score (nSPS) is 14.2. The van der Waals surface area contributed by atoms with Gasteiger partial charge in [-0.15, -0.1) is 0 Å². The lowest BCUT2D eigenvalue weighted by Gasteiger charge is -2.30. The summed E-state index contributed by atoms with van der Waals surface area (Å²) < 4.78 is 1.90. The maximum Gasteiger partial charge on any atom is 0.328 e. The zero-order chi connectivity index (χ0) is 25.3. The molecule has 11 nitrogen and oxygen atoms in total. The number of nitrogens with zero attached hydrogens (tertiary/aromatic N) is 5. The monoisotopic (exact) mass is 474 g/mol. The van der Waals surface area contributed by atoms with E-state index in [2.05, 4.69) is 53.0 Å². The number of aliphatic carboxylic acids is 2. The summed E-state index contributed by atoms with van der Waals surface area (Å²) in [6.45, 7) is 10.5. The van der Waals surface area contributed by atoms with Crippen molar-refractivity contribution in [3.63, 3.8) is 0 Å². The molecule has 0 unspecified atom stereocenters. The highest BCUT2D eigenvalue weighted by Gasteiger charge is 2.24. The second-order valence-electron chi connectivity index (χ2n) is 8.73. The molecular formula is C23H34N6O5. The average Bonchev–Trinajstić information content (AvgIpc) is 3.43. The standard InChI is InChI=1S/C19H30N6O.C4H4O4/c1-13(2)24(14(3)4)9-10-25-18-16(11-22-25)17(20-12-21-18)23-19(26)15-7-5-6-8-15;5-3(6)1-2-4(7)8/h11-15H,5-10H2,1-4H3,(H,20,21,23,26);1-2H,(H,5,6)(H,7,8)/b;2-1-. The van der Waals surface area contributed by atoms with Crippen LogP contribution in [0.25, 0.3) is 11.0 Å². The van der Waals surface area contributed by atoms with Crippen molar-refractivity contribution in [1.82, 2.24) is 24.6 Å². The van der Waals surface area contributed by atoms with E-state index in [1.807, 2.05) is 4.68 Å². The van der Waals surface area contributed by atoms with E-state index in [0.29, 0.717) is 30.1 Å². The Balaban J connectivity index is 0.000000440. The van der Waals surface area contributed by atoms with Crippen molar-refractivity contribution in [2.45, 2.75) is 72.0 Å². The Kier molecular flexibility index (Phi) is 10.1. The van der Waals surface area contributed by atoms with E-state index < -0.39 is 11.9 Å². The molecule has 1 aliphatic rings. The van der Waals surface area contributed by atoms with Gasteiger partial charge in [0, 0.05) is 36.7 Å². The number of carbonyl (C=O) groups is 3. The highest BCUT2D eigenvalue weighted by Crippen LogP contribution is 2.27. The summed E-state index contributed by atoms with van der Waals surface area (Å²) in [5.41, 5.74) is 0.772. The summed E-state index contributed by atoms with van der Waals surface area (Å²) in [5, 5.41) is 23.9. The van der Waals surface area contributed by atoms with Crippen molar-refractivity contribution >= 4 is 34.7 Å². The molecule has 0 bridgehead atoms. The van der Waals surface area contributed by atoms with Gasteiger partial charge in [0.1, 0.15) is 12.1 Å². The second-order valence-corrected chi connectivity index (χ2v) is 8.73. The first-order chi connectivity index (χ1) is 16.1. The Bertz CT molecular complexity index is 986. The van der Waals surface area contributed by atoms with Crippen LogP contribution in [-0.2, 0) is 20.9 Å². The van der Waals surface area contributed by atoms with E-state index in [0.717, 1.165) is 49.8 Å². The number of nitrogens with one attached hydrogen (secondary N) is 1. The van der Waals surface area contributed by atoms with Gasteiger partial charge in [-0.25, -0.2) is 24.2 Å². The number of fused-ring (bicyclic) bond motifs is 1. The number of hydrogen-bond donors (Lipinski definition) is 3. The van der Waals surface area contributed by atoms with Crippen LogP contribution in [-0.4, -0.2) is 71.3 Å². The summed E-state index contributed by atoms with van der Waals surface area (Å²) in [4.78, 5) is 42.6. The molecule has 0 atom stereocenters. The predicted molar refractivity (Wildman–Crippen MR) is 127 cm³/mol. The number of rotatable bonds is 9. The van der Waals surface area contributed by atoms with E-state index in [1.54, 1.807) is 6.20 Å². The van der Waals surface area contributed by atoms with Gasteiger partial charge in [-0.05, 0) is 40.5 Å². The first kappa shape index (κ1) is 26.9. The van der Waals surface area contributed by atoms with Crippen molar-refractivity contribution in [3.8, 4) is 0 Å². The van der Waals surface area contributed by atoms with Crippen molar-refractivity contribution in [3.05, 3.63) is 24.7 Å². The van der Waals surface area contributed by atoms with Gasteiger partial charge in [0.15, 0.2) is 5.65 Å². The Morgan fingerprint density at radius 1 is 1.09 bits per heavy atom. The van der Waals surface area contributed by atoms with Crippen LogP contribution in [0.5, 0.6) is 0 Å². The third-order valence-electron chi connectivity index (χ3n) is 5.67. The van der Waals surface area contributed by atoms with Crippen LogP contribution in [0.15, 0.2) is 24.7 Å². The Morgan fingerprint density at radius 3 is 2.21 bits per heavy atom. The molecule has 2 aromatic rings. The van der Waals surface area contributed by atoms with Gasteiger partial charge in [-0.2, -0.15) is 5.10 Å². The molecule has 0 radical (unpaired) electrons. The molecule has 11 heteroatoms. The first-order valence-electron chi connectivity index (χ1n) is 11.5. The molecule has 1 saturated carbocycles. The quantitative estimate of drug-likeness (QED) is 0.466. The van der Waals surface area contributed by atoms with Crippen LogP contribution in [0.1, 0.15) is 53.4 Å². The molecular weight excluding hydrogens is 440 g/mol. The summed E-state index contributed by atoms with van der Waals surface area (Å²) in [6.07, 6.45) is 8.60. The zero-order valence-corrected chi connectivity index (χ0v) is 20.1. The predicted octanol–water partition coefficient (Wildman–Crippen LogP) is 2.79. The fourth-order valence-electron chi connectivity index (χ4n) is 4.03. The molecule has 1 amide bonds. The van der Waals surface area contributed by atoms with Gasteiger partial charge in [0.05, 0.1) is 18.1 Å². The fraction of sp³-hybridized carbons (Fsp3) is 0.565. The number of carboxylic acid groups (broad SMARTS) is 2. The molecule has 2 heterocycles. The zero-order valence-electron chi connectivity index (χ0n) is 20.1.